The zero-order valence-corrected chi connectivity index (χ0v) is 13.4. The zero-order valence-electron chi connectivity index (χ0n) is 13.4. The molecule has 0 fully saturated rings. The third-order valence-corrected chi connectivity index (χ3v) is 3.57. The first kappa shape index (κ1) is 19.4. The number of nitrogens with zero attached hydrogens (tertiary/aromatic N) is 1. The molecule has 0 heterocycles. The summed E-state index contributed by atoms with van der Waals surface area (Å²) in [5, 5.41) is 8.94. The average Bonchev–Trinajstić information content (AvgIpc) is 2.42. The molecule has 120 valence electrons. The van der Waals surface area contributed by atoms with Crippen LogP contribution in [0.4, 0.5) is 0 Å². The Morgan fingerprint density at radius 2 is 1.70 bits per heavy atom. The van der Waals surface area contributed by atoms with Crippen LogP contribution in [0.25, 0.3) is 0 Å². The summed E-state index contributed by atoms with van der Waals surface area (Å²) >= 11 is 0. The molecule has 0 aromatic rings. The lowest BCUT2D eigenvalue weighted by Gasteiger charge is -2.24. The highest BCUT2D eigenvalue weighted by Gasteiger charge is 2.15. The quantitative estimate of drug-likeness (QED) is 0.512. The fourth-order valence-corrected chi connectivity index (χ4v) is 2.36. The molecule has 0 saturated carbocycles. The second-order valence-corrected chi connectivity index (χ2v) is 5.63. The predicted octanol–water partition coefficient (Wildman–Crippen LogP) is 2.69. The monoisotopic (exact) mass is 286 g/mol. The van der Waals surface area contributed by atoms with Crippen LogP contribution in [-0.4, -0.2) is 41.7 Å². The Morgan fingerprint density at radius 1 is 1.05 bits per heavy atom. The largest absolute Gasteiger partial charge is 0.396 e. The van der Waals surface area contributed by atoms with Crippen molar-refractivity contribution in [2.75, 3.05) is 19.7 Å². The van der Waals surface area contributed by atoms with Crippen LogP contribution in [0.5, 0.6) is 0 Å². The molecular weight excluding hydrogens is 252 g/mol. The number of carbonyl (C=O) groups is 1. The molecule has 20 heavy (non-hydrogen) atoms. The van der Waals surface area contributed by atoms with Crippen LogP contribution in [0.3, 0.4) is 0 Å². The maximum Gasteiger partial charge on any atom is 0.224 e. The standard InChI is InChI=1S/C16H34N2O2/c1-3-5-6-7-8-11-18(12-9-13-19)16(20)14-15(17)10-4-2/h15,19H,3-14,17H2,1-2H3. The van der Waals surface area contributed by atoms with E-state index in [-0.39, 0.29) is 18.6 Å². The molecule has 0 spiro atoms. The summed E-state index contributed by atoms with van der Waals surface area (Å²) < 4.78 is 0. The molecule has 0 aliphatic rings. The normalized spacial score (nSPS) is 12.4. The van der Waals surface area contributed by atoms with Crippen LogP contribution in [0.2, 0.25) is 0 Å². The van der Waals surface area contributed by atoms with Crippen LogP contribution in [0.15, 0.2) is 0 Å². The van der Waals surface area contributed by atoms with E-state index in [0.717, 1.165) is 25.8 Å². The van der Waals surface area contributed by atoms with Gasteiger partial charge < -0.3 is 15.7 Å². The predicted molar refractivity (Wildman–Crippen MR) is 84.5 cm³/mol. The summed E-state index contributed by atoms with van der Waals surface area (Å²) in [5.41, 5.74) is 5.95. The maximum atomic E-state index is 12.2. The first-order chi connectivity index (χ1) is 9.65. The smallest absolute Gasteiger partial charge is 0.224 e. The van der Waals surface area contributed by atoms with Gasteiger partial charge in [-0.25, -0.2) is 0 Å². The number of aliphatic hydroxyl groups is 1. The molecule has 0 saturated heterocycles. The molecule has 3 N–H and O–H groups in total. The van der Waals surface area contributed by atoms with Gasteiger partial charge in [0.2, 0.25) is 5.91 Å². The molecule has 1 amide bonds. The van der Waals surface area contributed by atoms with Gasteiger partial charge in [0.05, 0.1) is 0 Å². The van der Waals surface area contributed by atoms with E-state index in [1.54, 1.807) is 0 Å². The van der Waals surface area contributed by atoms with Crippen LogP contribution in [0.1, 0.15) is 71.6 Å². The van der Waals surface area contributed by atoms with Crippen LogP contribution < -0.4 is 5.73 Å². The van der Waals surface area contributed by atoms with E-state index in [2.05, 4.69) is 13.8 Å². The highest BCUT2D eigenvalue weighted by Crippen LogP contribution is 2.08. The van der Waals surface area contributed by atoms with E-state index < -0.39 is 0 Å². The topological polar surface area (TPSA) is 66.6 Å². The van der Waals surface area contributed by atoms with Crippen molar-refractivity contribution in [1.29, 1.82) is 0 Å². The van der Waals surface area contributed by atoms with Crippen molar-refractivity contribution < 1.29 is 9.90 Å². The van der Waals surface area contributed by atoms with Crippen molar-refractivity contribution in [3.8, 4) is 0 Å². The number of unbranched alkanes of at least 4 members (excludes halogenated alkanes) is 4. The van der Waals surface area contributed by atoms with Gasteiger partial charge in [0.1, 0.15) is 0 Å². The molecule has 1 unspecified atom stereocenters. The Hall–Kier alpha value is -0.610. The van der Waals surface area contributed by atoms with E-state index in [1.165, 1.54) is 25.7 Å². The zero-order chi connectivity index (χ0) is 15.2. The van der Waals surface area contributed by atoms with Gasteiger partial charge in [0.15, 0.2) is 0 Å². The van der Waals surface area contributed by atoms with Crippen molar-refractivity contribution >= 4 is 5.91 Å². The van der Waals surface area contributed by atoms with Crippen molar-refractivity contribution in [3.05, 3.63) is 0 Å². The van der Waals surface area contributed by atoms with Gasteiger partial charge in [0, 0.05) is 32.2 Å². The van der Waals surface area contributed by atoms with E-state index >= 15 is 0 Å². The minimum atomic E-state index is -0.0239. The third-order valence-electron chi connectivity index (χ3n) is 3.57. The average molecular weight is 286 g/mol. The van der Waals surface area contributed by atoms with E-state index in [9.17, 15) is 4.79 Å². The van der Waals surface area contributed by atoms with Gasteiger partial charge in [-0.15, -0.1) is 0 Å². The number of carbonyl (C=O) groups excluding carboxylic acids is 1. The second-order valence-electron chi connectivity index (χ2n) is 5.63. The summed E-state index contributed by atoms with van der Waals surface area (Å²) in [6.45, 7) is 5.89. The van der Waals surface area contributed by atoms with Crippen molar-refractivity contribution in [2.24, 2.45) is 5.73 Å². The first-order valence-corrected chi connectivity index (χ1v) is 8.29. The van der Waals surface area contributed by atoms with Gasteiger partial charge in [-0.05, 0) is 19.3 Å². The fraction of sp³-hybridized carbons (Fsp3) is 0.938. The van der Waals surface area contributed by atoms with Gasteiger partial charge >= 0.3 is 0 Å². The fourth-order valence-electron chi connectivity index (χ4n) is 2.36. The van der Waals surface area contributed by atoms with Crippen molar-refractivity contribution in [3.63, 3.8) is 0 Å². The lowest BCUT2D eigenvalue weighted by molar-refractivity contribution is -0.131. The first-order valence-electron chi connectivity index (χ1n) is 8.29. The van der Waals surface area contributed by atoms with Gasteiger partial charge in [-0.2, -0.15) is 0 Å². The molecule has 0 aromatic carbocycles. The van der Waals surface area contributed by atoms with Crippen LogP contribution in [-0.2, 0) is 4.79 Å². The van der Waals surface area contributed by atoms with Crippen molar-refractivity contribution in [2.45, 2.75) is 77.7 Å². The number of aliphatic hydroxyl groups excluding tert-OH is 1. The molecule has 0 aromatic heterocycles. The number of rotatable bonds is 13. The number of hydrogen-bond acceptors (Lipinski definition) is 3. The highest BCUT2D eigenvalue weighted by molar-refractivity contribution is 5.76. The Labute approximate surface area is 124 Å². The van der Waals surface area contributed by atoms with Crippen LogP contribution in [0, 0.1) is 0 Å². The van der Waals surface area contributed by atoms with E-state index in [1.807, 2.05) is 4.90 Å². The Morgan fingerprint density at radius 3 is 2.30 bits per heavy atom. The lowest BCUT2D eigenvalue weighted by atomic mass is 10.1. The summed E-state index contributed by atoms with van der Waals surface area (Å²) in [5.74, 6) is 0.148. The summed E-state index contributed by atoms with van der Waals surface area (Å²) in [6, 6.07) is -0.0239. The molecule has 4 heteroatoms. The number of nitrogens with two attached hydrogens (primary N) is 1. The number of amides is 1. The number of hydrogen-bond donors (Lipinski definition) is 2. The molecule has 0 radical (unpaired) electrons. The molecule has 0 aliphatic heterocycles. The van der Waals surface area contributed by atoms with Crippen molar-refractivity contribution in [1.82, 2.24) is 4.90 Å². The van der Waals surface area contributed by atoms with Gasteiger partial charge in [0.25, 0.3) is 0 Å². The Balaban J connectivity index is 4.07. The SMILES string of the molecule is CCCCCCCN(CCCO)C(=O)CC(N)CCC. The summed E-state index contributed by atoms with van der Waals surface area (Å²) in [7, 11) is 0. The summed E-state index contributed by atoms with van der Waals surface area (Å²) in [4.78, 5) is 14.1. The Bertz CT molecular complexity index is 235. The highest BCUT2D eigenvalue weighted by atomic mass is 16.3. The molecule has 0 bridgehead atoms. The summed E-state index contributed by atoms with van der Waals surface area (Å²) in [6.07, 6.45) is 8.99. The third kappa shape index (κ3) is 10.2. The Kier molecular flexibility index (Phi) is 13.0. The molecule has 0 rings (SSSR count). The van der Waals surface area contributed by atoms with E-state index in [0.29, 0.717) is 19.4 Å². The van der Waals surface area contributed by atoms with Crippen LogP contribution >= 0.6 is 0 Å². The minimum absolute atomic E-state index is 0.0239. The lowest BCUT2D eigenvalue weighted by Crippen LogP contribution is -2.37. The molecule has 0 aliphatic carbocycles. The second kappa shape index (κ2) is 13.4. The van der Waals surface area contributed by atoms with Gasteiger partial charge in [-0.3, -0.25) is 4.79 Å². The molecule has 4 nitrogen and oxygen atoms in total. The maximum absolute atomic E-state index is 12.2. The molecule has 1 atom stereocenters. The molecular formula is C16H34N2O2. The van der Waals surface area contributed by atoms with E-state index in [4.69, 9.17) is 10.8 Å². The minimum Gasteiger partial charge on any atom is -0.396 e. The van der Waals surface area contributed by atoms with Gasteiger partial charge in [-0.1, -0.05) is 46.0 Å².